The zero-order valence-corrected chi connectivity index (χ0v) is 16.3. The molecule has 0 spiro atoms. The van der Waals surface area contributed by atoms with Crippen LogP contribution in [-0.2, 0) is 11.3 Å². The van der Waals surface area contributed by atoms with Crippen molar-refractivity contribution >= 4 is 17.5 Å². The van der Waals surface area contributed by atoms with Gasteiger partial charge in [0.15, 0.2) is 11.5 Å². The Morgan fingerprint density at radius 1 is 1.07 bits per heavy atom. The number of methoxy groups -OCH3 is 1. The molecule has 154 valence electrons. The number of benzene rings is 2. The summed E-state index contributed by atoms with van der Waals surface area (Å²) < 4.78 is 21.3. The van der Waals surface area contributed by atoms with E-state index in [4.69, 9.17) is 18.6 Å². The van der Waals surface area contributed by atoms with E-state index in [1.54, 1.807) is 54.6 Å². The number of carbonyl (C=O) groups is 2. The Hall–Kier alpha value is -3.94. The highest BCUT2D eigenvalue weighted by Gasteiger charge is 2.23. The van der Waals surface area contributed by atoms with Gasteiger partial charge in [-0.1, -0.05) is 12.1 Å². The largest absolute Gasteiger partial charge is 0.495 e. The second-order valence-electron chi connectivity index (χ2n) is 6.56. The molecule has 2 amide bonds. The number of anilines is 1. The van der Waals surface area contributed by atoms with Crippen LogP contribution in [0.3, 0.4) is 0 Å². The summed E-state index contributed by atoms with van der Waals surface area (Å²) in [5.41, 5.74) is 0.911. The highest BCUT2D eigenvalue weighted by molar-refractivity contribution is 6.00. The van der Waals surface area contributed by atoms with Gasteiger partial charge in [-0.15, -0.1) is 0 Å². The van der Waals surface area contributed by atoms with Crippen molar-refractivity contribution in [3.63, 3.8) is 0 Å². The normalized spacial score (nSPS) is 11.8. The molecule has 0 unspecified atom stereocenters. The molecular formula is C22H20N2O6. The van der Waals surface area contributed by atoms with E-state index in [-0.39, 0.29) is 31.7 Å². The third-order valence-electron chi connectivity index (χ3n) is 4.55. The van der Waals surface area contributed by atoms with Gasteiger partial charge in [0.25, 0.3) is 5.91 Å². The van der Waals surface area contributed by atoms with Crippen LogP contribution in [0.4, 0.5) is 5.69 Å². The molecule has 1 aliphatic heterocycles. The van der Waals surface area contributed by atoms with Gasteiger partial charge in [-0.05, 0) is 42.5 Å². The zero-order chi connectivity index (χ0) is 20.9. The summed E-state index contributed by atoms with van der Waals surface area (Å²) in [4.78, 5) is 27.3. The Labute approximate surface area is 172 Å². The Morgan fingerprint density at radius 2 is 1.90 bits per heavy atom. The van der Waals surface area contributed by atoms with Crippen molar-refractivity contribution in [2.24, 2.45) is 0 Å². The second kappa shape index (κ2) is 8.60. The van der Waals surface area contributed by atoms with E-state index in [2.05, 4.69) is 5.32 Å². The van der Waals surface area contributed by atoms with E-state index in [9.17, 15) is 9.59 Å². The number of ether oxygens (including phenoxy) is 3. The quantitative estimate of drug-likeness (QED) is 0.645. The van der Waals surface area contributed by atoms with Crippen LogP contribution in [0.2, 0.25) is 0 Å². The first kappa shape index (κ1) is 19.4. The van der Waals surface area contributed by atoms with Crippen molar-refractivity contribution in [2.75, 3.05) is 25.8 Å². The van der Waals surface area contributed by atoms with Crippen molar-refractivity contribution in [3.05, 3.63) is 72.2 Å². The SMILES string of the molecule is COc1ccccc1NC(=O)CN(Cc1ccco1)C(=O)c1ccc2c(c1)OCO2. The average molecular weight is 408 g/mol. The summed E-state index contributed by atoms with van der Waals surface area (Å²) in [6.45, 7) is 0.0794. The third kappa shape index (κ3) is 4.22. The van der Waals surface area contributed by atoms with E-state index >= 15 is 0 Å². The van der Waals surface area contributed by atoms with Gasteiger partial charge in [0.2, 0.25) is 12.7 Å². The lowest BCUT2D eigenvalue weighted by Crippen LogP contribution is -2.37. The maximum absolute atomic E-state index is 13.2. The van der Waals surface area contributed by atoms with Crippen molar-refractivity contribution < 1.29 is 28.2 Å². The summed E-state index contributed by atoms with van der Waals surface area (Å²) in [7, 11) is 1.53. The van der Waals surface area contributed by atoms with Crippen LogP contribution in [0.1, 0.15) is 16.1 Å². The fourth-order valence-electron chi connectivity index (χ4n) is 3.11. The van der Waals surface area contributed by atoms with Crippen LogP contribution < -0.4 is 19.5 Å². The van der Waals surface area contributed by atoms with Gasteiger partial charge >= 0.3 is 0 Å². The molecule has 0 fully saturated rings. The van der Waals surface area contributed by atoms with Crippen LogP contribution >= 0.6 is 0 Å². The number of amides is 2. The van der Waals surface area contributed by atoms with Crippen LogP contribution in [0.25, 0.3) is 0 Å². The zero-order valence-electron chi connectivity index (χ0n) is 16.3. The van der Waals surface area contributed by atoms with Crippen LogP contribution in [0.5, 0.6) is 17.2 Å². The molecule has 1 aliphatic rings. The minimum absolute atomic E-state index is 0.115. The highest BCUT2D eigenvalue weighted by Crippen LogP contribution is 2.33. The first-order chi connectivity index (χ1) is 14.6. The molecule has 0 saturated carbocycles. The number of hydrogen-bond donors (Lipinski definition) is 1. The number of carbonyl (C=O) groups excluding carboxylic acids is 2. The summed E-state index contributed by atoms with van der Waals surface area (Å²) in [6.07, 6.45) is 1.52. The minimum Gasteiger partial charge on any atom is -0.495 e. The number of rotatable bonds is 7. The highest BCUT2D eigenvalue weighted by atomic mass is 16.7. The Morgan fingerprint density at radius 3 is 2.70 bits per heavy atom. The summed E-state index contributed by atoms with van der Waals surface area (Å²) >= 11 is 0. The van der Waals surface area contributed by atoms with Crippen LogP contribution in [0, 0.1) is 0 Å². The first-order valence-corrected chi connectivity index (χ1v) is 9.28. The monoisotopic (exact) mass is 408 g/mol. The predicted octanol–water partition coefficient (Wildman–Crippen LogP) is 3.30. The number of hydrogen-bond acceptors (Lipinski definition) is 6. The number of fused-ring (bicyclic) bond motifs is 1. The molecule has 8 nitrogen and oxygen atoms in total. The topological polar surface area (TPSA) is 90.2 Å². The van der Waals surface area contributed by atoms with E-state index in [0.29, 0.717) is 34.3 Å². The molecule has 3 aromatic rings. The van der Waals surface area contributed by atoms with Gasteiger partial charge in [-0.25, -0.2) is 0 Å². The van der Waals surface area contributed by atoms with E-state index in [0.717, 1.165) is 0 Å². The van der Waals surface area contributed by atoms with Crippen molar-refractivity contribution in [1.29, 1.82) is 0 Å². The number of para-hydroxylation sites is 2. The molecule has 0 bridgehead atoms. The fraction of sp³-hybridized carbons (Fsp3) is 0.182. The predicted molar refractivity (Wildman–Crippen MR) is 108 cm³/mol. The minimum atomic E-state index is -0.361. The molecule has 0 atom stereocenters. The van der Waals surface area contributed by atoms with Crippen molar-refractivity contribution in [2.45, 2.75) is 6.54 Å². The standard InChI is InChI=1S/C22H20N2O6/c1-27-18-7-3-2-6-17(18)23-21(25)13-24(12-16-5-4-10-28-16)22(26)15-8-9-19-20(11-15)30-14-29-19/h2-11H,12-14H2,1H3,(H,23,25). The molecule has 0 radical (unpaired) electrons. The smallest absolute Gasteiger partial charge is 0.254 e. The average Bonchev–Trinajstić information content (AvgIpc) is 3.44. The maximum Gasteiger partial charge on any atom is 0.254 e. The molecular weight excluding hydrogens is 388 g/mol. The molecule has 8 heteroatoms. The van der Waals surface area contributed by atoms with Gasteiger partial charge < -0.3 is 28.8 Å². The lowest BCUT2D eigenvalue weighted by Gasteiger charge is -2.22. The second-order valence-corrected chi connectivity index (χ2v) is 6.56. The third-order valence-corrected chi connectivity index (χ3v) is 4.55. The first-order valence-electron chi connectivity index (χ1n) is 9.28. The van der Waals surface area contributed by atoms with Crippen LogP contribution in [0.15, 0.2) is 65.3 Å². The molecule has 0 aliphatic carbocycles. The fourth-order valence-corrected chi connectivity index (χ4v) is 3.11. The molecule has 30 heavy (non-hydrogen) atoms. The summed E-state index contributed by atoms with van der Waals surface area (Å²) in [5.74, 6) is 1.48. The van der Waals surface area contributed by atoms with E-state index < -0.39 is 0 Å². The number of furan rings is 1. The maximum atomic E-state index is 13.2. The molecule has 4 rings (SSSR count). The molecule has 1 N–H and O–H groups in total. The molecule has 1 aromatic heterocycles. The van der Waals surface area contributed by atoms with E-state index in [1.807, 2.05) is 0 Å². The van der Waals surface area contributed by atoms with Crippen molar-refractivity contribution in [3.8, 4) is 17.2 Å². The number of nitrogens with zero attached hydrogens (tertiary/aromatic N) is 1. The summed E-state index contributed by atoms with van der Waals surface area (Å²) in [6, 6.07) is 15.5. The molecule has 2 aromatic carbocycles. The Kier molecular flexibility index (Phi) is 5.56. The Balaban J connectivity index is 1.53. The van der Waals surface area contributed by atoms with Gasteiger partial charge in [0.05, 0.1) is 25.6 Å². The molecule has 0 saturated heterocycles. The summed E-state index contributed by atoms with van der Waals surface area (Å²) in [5, 5.41) is 2.79. The molecule has 2 heterocycles. The number of nitrogens with one attached hydrogen (secondary N) is 1. The van der Waals surface area contributed by atoms with Gasteiger partial charge in [-0.2, -0.15) is 0 Å². The lowest BCUT2D eigenvalue weighted by atomic mass is 10.1. The lowest BCUT2D eigenvalue weighted by molar-refractivity contribution is -0.117. The van der Waals surface area contributed by atoms with Gasteiger partial charge in [0, 0.05) is 5.56 Å². The van der Waals surface area contributed by atoms with Crippen molar-refractivity contribution in [1.82, 2.24) is 4.90 Å². The Bertz CT molecular complexity index is 1050. The van der Waals surface area contributed by atoms with Gasteiger partial charge in [-0.3, -0.25) is 9.59 Å². The van der Waals surface area contributed by atoms with E-state index in [1.165, 1.54) is 18.3 Å². The van der Waals surface area contributed by atoms with Gasteiger partial charge in [0.1, 0.15) is 18.1 Å². The van der Waals surface area contributed by atoms with Crippen LogP contribution in [-0.4, -0.2) is 37.2 Å².